The maximum atomic E-state index is 8.66. The van der Waals surface area contributed by atoms with Crippen molar-refractivity contribution in [3.8, 4) is 11.5 Å². The highest BCUT2D eigenvalue weighted by atomic mass is 35.5. The number of rotatable bonds is 12. The molecule has 0 unspecified atom stereocenters. The zero-order valence-corrected chi connectivity index (χ0v) is 15.8. The maximum absolute atomic E-state index is 8.66. The summed E-state index contributed by atoms with van der Waals surface area (Å²) in [4.78, 5) is 0. The van der Waals surface area contributed by atoms with Gasteiger partial charge in [0.15, 0.2) is 11.5 Å². The Morgan fingerprint density at radius 2 is 1.88 bits per heavy atom. The van der Waals surface area contributed by atoms with E-state index in [1.807, 2.05) is 49.4 Å². The summed E-state index contributed by atoms with van der Waals surface area (Å²) in [6.45, 7) is 5.30. The quantitative estimate of drug-likeness (QED) is 0.553. The Hall–Kier alpha value is -1.79. The normalized spacial score (nSPS) is 10.7. The molecule has 0 spiro atoms. The highest BCUT2D eigenvalue weighted by molar-refractivity contribution is 6.31. The van der Waals surface area contributed by atoms with E-state index in [2.05, 4.69) is 5.32 Å². The molecule has 2 N–H and O–H groups in total. The van der Waals surface area contributed by atoms with Gasteiger partial charge in [0.05, 0.1) is 26.4 Å². The van der Waals surface area contributed by atoms with Gasteiger partial charge in [-0.2, -0.15) is 0 Å². The number of aliphatic hydroxyl groups is 1. The van der Waals surface area contributed by atoms with E-state index in [1.165, 1.54) is 0 Å². The van der Waals surface area contributed by atoms with Crippen LogP contribution in [0.1, 0.15) is 18.1 Å². The highest BCUT2D eigenvalue weighted by Crippen LogP contribution is 2.30. The first-order valence-electron chi connectivity index (χ1n) is 8.75. The Bertz CT molecular complexity index is 666. The molecule has 2 aromatic carbocycles. The fourth-order valence-corrected chi connectivity index (χ4v) is 2.55. The SMILES string of the molecule is CCOc1cc(CNCCOCCO)ccc1OCc1ccccc1Cl. The van der Waals surface area contributed by atoms with Gasteiger partial charge in [-0.25, -0.2) is 0 Å². The minimum absolute atomic E-state index is 0.0490. The average molecular weight is 380 g/mol. The van der Waals surface area contributed by atoms with E-state index in [0.717, 1.165) is 16.9 Å². The lowest BCUT2D eigenvalue weighted by Crippen LogP contribution is -2.20. The van der Waals surface area contributed by atoms with Gasteiger partial charge in [0.1, 0.15) is 6.61 Å². The van der Waals surface area contributed by atoms with Crippen LogP contribution in [0.15, 0.2) is 42.5 Å². The van der Waals surface area contributed by atoms with Gasteiger partial charge in [0.2, 0.25) is 0 Å². The Morgan fingerprint density at radius 3 is 2.65 bits per heavy atom. The van der Waals surface area contributed by atoms with Crippen molar-refractivity contribution >= 4 is 11.6 Å². The molecule has 5 nitrogen and oxygen atoms in total. The van der Waals surface area contributed by atoms with E-state index in [9.17, 15) is 0 Å². The van der Waals surface area contributed by atoms with Gasteiger partial charge < -0.3 is 24.6 Å². The first-order valence-corrected chi connectivity index (χ1v) is 9.13. The van der Waals surface area contributed by atoms with Crippen molar-refractivity contribution in [2.24, 2.45) is 0 Å². The first-order chi connectivity index (χ1) is 12.7. The summed E-state index contributed by atoms with van der Waals surface area (Å²) in [5, 5.41) is 12.6. The lowest BCUT2D eigenvalue weighted by Gasteiger charge is -2.14. The second kappa shape index (κ2) is 11.8. The van der Waals surface area contributed by atoms with Crippen LogP contribution in [0.2, 0.25) is 5.02 Å². The van der Waals surface area contributed by atoms with Gasteiger partial charge >= 0.3 is 0 Å². The van der Waals surface area contributed by atoms with Gasteiger partial charge in [0.25, 0.3) is 0 Å². The van der Waals surface area contributed by atoms with Crippen molar-refractivity contribution in [1.29, 1.82) is 0 Å². The minimum atomic E-state index is 0.0490. The number of hydrogen-bond acceptors (Lipinski definition) is 5. The Labute approximate surface area is 159 Å². The number of benzene rings is 2. The molecule has 0 amide bonds. The summed E-state index contributed by atoms with van der Waals surface area (Å²) in [7, 11) is 0. The van der Waals surface area contributed by atoms with Crippen molar-refractivity contribution in [2.75, 3.05) is 33.0 Å². The first kappa shape index (κ1) is 20.5. The van der Waals surface area contributed by atoms with E-state index in [1.54, 1.807) is 0 Å². The lowest BCUT2D eigenvalue weighted by molar-refractivity contribution is 0.0938. The lowest BCUT2D eigenvalue weighted by atomic mass is 10.2. The zero-order chi connectivity index (χ0) is 18.6. The molecule has 26 heavy (non-hydrogen) atoms. The number of nitrogens with one attached hydrogen (secondary N) is 1. The summed E-state index contributed by atoms with van der Waals surface area (Å²) >= 11 is 6.18. The summed E-state index contributed by atoms with van der Waals surface area (Å²) < 4.78 is 16.8. The van der Waals surface area contributed by atoms with Crippen LogP contribution in [0, 0.1) is 0 Å². The third-order valence-electron chi connectivity index (χ3n) is 3.64. The predicted octanol–water partition coefficient (Wildman–Crippen LogP) is 3.42. The largest absolute Gasteiger partial charge is 0.490 e. The van der Waals surface area contributed by atoms with E-state index in [4.69, 9.17) is 30.9 Å². The average Bonchev–Trinajstić information content (AvgIpc) is 2.65. The summed E-state index contributed by atoms with van der Waals surface area (Å²) in [6, 6.07) is 13.5. The predicted molar refractivity (Wildman–Crippen MR) is 103 cm³/mol. The van der Waals surface area contributed by atoms with Crippen LogP contribution in [0.3, 0.4) is 0 Å². The second-order valence-electron chi connectivity index (χ2n) is 5.61. The molecule has 0 aliphatic heterocycles. The molecular weight excluding hydrogens is 354 g/mol. The molecule has 0 heterocycles. The van der Waals surface area contributed by atoms with Crippen LogP contribution in [-0.4, -0.2) is 38.1 Å². The van der Waals surface area contributed by atoms with E-state index >= 15 is 0 Å². The van der Waals surface area contributed by atoms with Gasteiger partial charge in [-0.05, 0) is 30.7 Å². The van der Waals surface area contributed by atoms with Crippen LogP contribution in [-0.2, 0) is 17.9 Å². The molecule has 6 heteroatoms. The van der Waals surface area contributed by atoms with Crippen LogP contribution < -0.4 is 14.8 Å². The molecule has 0 aliphatic rings. The third kappa shape index (κ3) is 6.84. The standard InChI is InChI=1S/C20H26ClNO4/c1-2-25-20-13-16(14-22-9-11-24-12-10-23)7-8-19(20)26-15-17-5-3-4-6-18(17)21/h3-8,13,22-23H,2,9-12,14-15H2,1H3. The minimum Gasteiger partial charge on any atom is -0.490 e. The number of ether oxygens (including phenoxy) is 3. The molecule has 0 aliphatic carbocycles. The molecule has 2 rings (SSSR count). The van der Waals surface area contributed by atoms with Crippen molar-refractivity contribution in [3.63, 3.8) is 0 Å². The Kier molecular flexibility index (Phi) is 9.28. The topological polar surface area (TPSA) is 60.0 Å². The van der Waals surface area contributed by atoms with Gasteiger partial charge in [-0.3, -0.25) is 0 Å². The molecule has 2 aromatic rings. The number of hydrogen-bond donors (Lipinski definition) is 2. The monoisotopic (exact) mass is 379 g/mol. The van der Waals surface area contributed by atoms with Crippen molar-refractivity contribution in [1.82, 2.24) is 5.32 Å². The molecule has 0 saturated heterocycles. The number of aliphatic hydroxyl groups excluding tert-OH is 1. The molecule has 0 atom stereocenters. The number of halogens is 1. The fourth-order valence-electron chi connectivity index (χ4n) is 2.36. The Balaban J connectivity index is 1.91. The van der Waals surface area contributed by atoms with E-state index in [0.29, 0.717) is 50.3 Å². The Morgan fingerprint density at radius 1 is 1.04 bits per heavy atom. The molecular formula is C20H26ClNO4. The summed E-state index contributed by atoms with van der Waals surface area (Å²) in [5.74, 6) is 1.41. The smallest absolute Gasteiger partial charge is 0.161 e. The molecule has 142 valence electrons. The van der Waals surface area contributed by atoms with Gasteiger partial charge in [-0.1, -0.05) is 35.9 Å². The third-order valence-corrected chi connectivity index (χ3v) is 4.01. The van der Waals surface area contributed by atoms with Crippen LogP contribution in [0.5, 0.6) is 11.5 Å². The summed E-state index contributed by atoms with van der Waals surface area (Å²) in [6.07, 6.45) is 0. The van der Waals surface area contributed by atoms with Crippen molar-refractivity contribution in [3.05, 3.63) is 58.6 Å². The van der Waals surface area contributed by atoms with E-state index in [-0.39, 0.29) is 6.61 Å². The molecule has 0 saturated carbocycles. The molecule has 0 bridgehead atoms. The highest BCUT2D eigenvalue weighted by Gasteiger charge is 2.08. The maximum Gasteiger partial charge on any atom is 0.161 e. The molecule has 0 fully saturated rings. The fraction of sp³-hybridized carbons (Fsp3) is 0.400. The molecule has 0 radical (unpaired) electrons. The molecule has 0 aromatic heterocycles. The second-order valence-corrected chi connectivity index (χ2v) is 6.01. The summed E-state index contributed by atoms with van der Waals surface area (Å²) in [5.41, 5.74) is 2.03. The van der Waals surface area contributed by atoms with Gasteiger partial charge in [-0.15, -0.1) is 0 Å². The van der Waals surface area contributed by atoms with Crippen molar-refractivity contribution in [2.45, 2.75) is 20.1 Å². The zero-order valence-electron chi connectivity index (χ0n) is 15.0. The van der Waals surface area contributed by atoms with Crippen LogP contribution in [0.25, 0.3) is 0 Å². The van der Waals surface area contributed by atoms with E-state index < -0.39 is 0 Å². The van der Waals surface area contributed by atoms with Crippen LogP contribution in [0.4, 0.5) is 0 Å². The van der Waals surface area contributed by atoms with Gasteiger partial charge in [0, 0.05) is 23.7 Å². The van der Waals surface area contributed by atoms with Crippen molar-refractivity contribution < 1.29 is 19.3 Å². The van der Waals surface area contributed by atoms with Crippen LogP contribution >= 0.6 is 11.6 Å².